The Bertz CT molecular complexity index is 1010. The fourth-order valence-corrected chi connectivity index (χ4v) is 3.29. The first-order valence-corrected chi connectivity index (χ1v) is 8.67. The van der Waals surface area contributed by atoms with E-state index < -0.39 is 5.82 Å². The minimum Gasteiger partial charge on any atom is -0.496 e. The number of benzene rings is 2. The highest BCUT2D eigenvalue weighted by molar-refractivity contribution is 6.31. The molecule has 3 aromatic rings. The van der Waals surface area contributed by atoms with Crippen molar-refractivity contribution in [2.45, 2.75) is 12.3 Å². The highest BCUT2D eigenvalue weighted by Crippen LogP contribution is 2.34. The molecule has 0 aliphatic carbocycles. The van der Waals surface area contributed by atoms with Crippen molar-refractivity contribution in [1.82, 2.24) is 10.1 Å². The largest absolute Gasteiger partial charge is 0.496 e. The van der Waals surface area contributed by atoms with E-state index >= 15 is 0 Å². The number of carbonyl (C=O) groups is 1. The Labute approximate surface area is 159 Å². The van der Waals surface area contributed by atoms with Crippen LogP contribution in [-0.2, 0) is 4.79 Å². The number of ether oxygens (including phenoxy) is 1. The summed E-state index contributed by atoms with van der Waals surface area (Å²) < 4.78 is 24.1. The number of anilines is 1. The van der Waals surface area contributed by atoms with Gasteiger partial charge in [0.2, 0.25) is 5.91 Å². The van der Waals surface area contributed by atoms with Gasteiger partial charge in [-0.1, -0.05) is 28.9 Å². The Morgan fingerprint density at radius 2 is 2.11 bits per heavy atom. The molecule has 1 saturated heterocycles. The summed E-state index contributed by atoms with van der Waals surface area (Å²) >= 11 is 5.83. The number of nitrogens with zero attached hydrogens (tertiary/aromatic N) is 3. The Kier molecular flexibility index (Phi) is 4.53. The van der Waals surface area contributed by atoms with Crippen molar-refractivity contribution in [3.05, 3.63) is 59.1 Å². The minimum absolute atomic E-state index is 0.0261. The SMILES string of the molecule is COc1ccccc1-c1nc([C@H]2CC(=O)N(c3ccc(F)c(Cl)c3)C2)no1. The van der Waals surface area contributed by atoms with E-state index in [0.29, 0.717) is 35.3 Å². The van der Waals surface area contributed by atoms with E-state index in [1.807, 2.05) is 18.2 Å². The summed E-state index contributed by atoms with van der Waals surface area (Å²) in [7, 11) is 1.57. The van der Waals surface area contributed by atoms with Gasteiger partial charge in [0.1, 0.15) is 11.6 Å². The Morgan fingerprint density at radius 3 is 2.89 bits per heavy atom. The maximum absolute atomic E-state index is 13.4. The van der Waals surface area contributed by atoms with Crippen LogP contribution in [0.25, 0.3) is 11.5 Å². The normalized spacial score (nSPS) is 16.8. The summed E-state index contributed by atoms with van der Waals surface area (Å²) in [5.74, 6) is 0.541. The lowest BCUT2D eigenvalue weighted by atomic mass is 10.1. The van der Waals surface area contributed by atoms with Gasteiger partial charge in [-0.15, -0.1) is 0 Å². The fourth-order valence-electron chi connectivity index (χ4n) is 3.11. The van der Waals surface area contributed by atoms with Crippen LogP contribution in [0.1, 0.15) is 18.2 Å². The van der Waals surface area contributed by atoms with Gasteiger partial charge in [0.15, 0.2) is 5.82 Å². The van der Waals surface area contributed by atoms with Crippen molar-refractivity contribution in [1.29, 1.82) is 0 Å². The van der Waals surface area contributed by atoms with Gasteiger partial charge in [-0.25, -0.2) is 4.39 Å². The van der Waals surface area contributed by atoms with Crippen LogP contribution in [0.2, 0.25) is 5.02 Å². The van der Waals surface area contributed by atoms with Crippen LogP contribution in [0.5, 0.6) is 5.75 Å². The number of halogens is 2. The Morgan fingerprint density at radius 1 is 1.30 bits per heavy atom. The fraction of sp³-hybridized carbons (Fsp3) is 0.211. The second kappa shape index (κ2) is 7.00. The molecule has 0 radical (unpaired) electrons. The van der Waals surface area contributed by atoms with Gasteiger partial charge in [0.25, 0.3) is 5.89 Å². The number of methoxy groups -OCH3 is 1. The summed E-state index contributed by atoms with van der Waals surface area (Å²) in [4.78, 5) is 18.4. The molecule has 27 heavy (non-hydrogen) atoms. The first-order chi connectivity index (χ1) is 13.1. The number of para-hydroxylation sites is 1. The molecule has 2 heterocycles. The van der Waals surface area contributed by atoms with Crippen molar-refractivity contribution >= 4 is 23.2 Å². The van der Waals surface area contributed by atoms with Gasteiger partial charge in [-0.2, -0.15) is 4.98 Å². The number of carbonyl (C=O) groups excluding carboxylic acids is 1. The third-order valence-electron chi connectivity index (χ3n) is 4.48. The first-order valence-electron chi connectivity index (χ1n) is 8.29. The van der Waals surface area contributed by atoms with Crippen LogP contribution in [-0.4, -0.2) is 29.7 Å². The second-order valence-electron chi connectivity index (χ2n) is 6.16. The molecule has 0 N–H and O–H groups in total. The van der Waals surface area contributed by atoms with Gasteiger partial charge in [0, 0.05) is 24.6 Å². The number of aromatic nitrogens is 2. The molecule has 1 atom stereocenters. The minimum atomic E-state index is -0.525. The molecule has 6 nitrogen and oxygen atoms in total. The molecule has 0 spiro atoms. The van der Waals surface area contributed by atoms with Gasteiger partial charge >= 0.3 is 0 Å². The zero-order valence-electron chi connectivity index (χ0n) is 14.4. The number of rotatable bonds is 4. The van der Waals surface area contributed by atoms with Crippen molar-refractivity contribution in [2.24, 2.45) is 0 Å². The molecule has 138 valence electrons. The molecular weight excluding hydrogens is 373 g/mol. The molecule has 1 aliphatic heterocycles. The van der Waals surface area contributed by atoms with Gasteiger partial charge in [-0.3, -0.25) is 4.79 Å². The van der Waals surface area contributed by atoms with Gasteiger partial charge < -0.3 is 14.2 Å². The van der Waals surface area contributed by atoms with Gasteiger partial charge in [-0.05, 0) is 30.3 Å². The number of hydrogen-bond donors (Lipinski definition) is 0. The first kappa shape index (κ1) is 17.5. The predicted octanol–water partition coefficient (Wildman–Crippen LogP) is 4.06. The molecule has 8 heteroatoms. The highest BCUT2D eigenvalue weighted by atomic mass is 35.5. The van der Waals surface area contributed by atoms with Crippen molar-refractivity contribution in [2.75, 3.05) is 18.6 Å². The monoisotopic (exact) mass is 387 g/mol. The topological polar surface area (TPSA) is 68.5 Å². The summed E-state index contributed by atoms with van der Waals surface area (Å²) in [5.41, 5.74) is 1.23. The molecule has 2 aromatic carbocycles. The van der Waals surface area contributed by atoms with Crippen LogP contribution in [0.4, 0.5) is 10.1 Å². The lowest BCUT2D eigenvalue weighted by molar-refractivity contribution is -0.117. The third-order valence-corrected chi connectivity index (χ3v) is 4.77. The molecule has 0 unspecified atom stereocenters. The average molecular weight is 388 g/mol. The second-order valence-corrected chi connectivity index (χ2v) is 6.57. The smallest absolute Gasteiger partial charge is 0.261 e. The molecule has 0 bridgehead atoms. The number of hydrogen-bond acceptors (Lipinski definition) is 5. The van der Waals surface area contributed by atoms with E-state index in [4.69, 9.17) is 20.9 Å². The average Bonchev–Trinajstić information content (AvgIpc) is 3.31. The van der Waals surface area contributed by atoms with Crippen LogP contribution in [0, 0.1) is 5.82 Å². The van der Waals surface area contributed by atoms with E-state index in [1.54, 1.807) is 18.1 Å². The molecule has 1 amide bonds. The standard InChI is InChI=1S/C19H15ClFN3O3/c1-26-16-5-3-2-4-13(16)19-22-18(23-27-19)11-8-17(25)24(10-11)12-6-7-15(21)14(20)9-12/h2-7,9,11H,8,10H2,1H3/t11-/m0/s1. The van der Waals surface area contributed by atoms with E-state index in [2.05, 4.69) is 10.1 Å². The summed E-state index contributed by atoms with van der Waals surface area (Å²) in [6.07, 6.45) is 0.236. The summed E-state index contributed by atoms with van der Waals surface area (Å²) in [6.45, 7) is 0.367. The van der Waals surface area contributed by atoms with E-state index in [-0.39, 0.29) is 23.3 Å². The molecule has 4 rings (SSSR count). The maximum atomic E-state index is 13.4. The zero-order chi connectivity index (χ0) is 19.0. The quantitative estimate of drug-likeness (QED) is 0.675. The summed E-state index contributed by atoms with van der Waals surface area (Å²) in [6, 6.07) is 11.5. The maximum Gasteiger partial charge on any atom is 0.261 e. The molecule has 1 fully saturated rings. The van der Waals surface area contributed by atoms with Crippen LogP contribution >= 0.6 is 11.6 Å². The van der Waals surface area contributed by atoms with Crippen molar-refractivity contribution < 1.29 is 18.4 Å². The van der Waals surface area contributed by atoms with Gasteiger partial charge in [0.05, 0.1) is 17.7 Å². The van der Waals surface area contributed by atoms with Crippen LogP contribution in [0.3, 0.4) is 0 Å². The van der Waals surface area contributed by atoms with Crippen molar-refractivity contribution in [3.8, 4) is 17.2 Å². The zero-order valence-corrected chi connectivity index (χ0v) is 15.1. The predicted molar refractivity (Wildman–Crippen MR) is 97.4 cm³/mol. The van der Waals surface area contributed by atoms with Crippen molar-refractivity contribution in [3.63, 3.8) is 0 Å². The lowest BCUT2D eigenvalue weighted by Gasteiger charge is -2.16. The Hall–Kier alpha value is -2.93. The van der Waals surface area contributed by atoms with E-state index in [1.165, 1.54) is 18.2 Å². The molecular formula is C19H15ClFN3O3. The summed E-state index contributed by atoms with van der Waals surface area (Å²) in [5, 5.41) is 4.01. The van der Waals surface area contributed by atoms with Crippen LogP contribution < -0.4 is 9.64 Å². The van der Waals surface area contributed by atoms with E-state index in [0.717, 1.165) is 0 Å². The third kappa shape index (κ3) is 3.26. The lowest BCUT2D eigenvalue weighted by Crippen LogP contribution is -2.24. The number of amides is 1. The Balaban J connectivity index is 1.58. The molecule has 0 saturated carbocycles. The molecule has 1 aliphatic rings. The van der Waals surface area contributed by atoms with E-state index in [9.17, 15) is 9.18 Å². The van der Waals surface area contributed by atoms with Crippen LogP contribution in [0.15, 0.2) is 47.0 Å². The molecule has 1 aromatic heterocycles. The highest BCUT2D eigenvalue weighted by Gasteiger charge is 2.35.